The van der Waals surface area contributed by atoms with Gasteiger partial charge in [-0.2, -0.15) is 10.2 Å². The molecule has 1 saturated heterocycles. The Morgan fingerprint density at radius 2 is 2.22 bits per heavy atom. The van der Waals surface area contributed by atoms with Gasteiger partial charge in [0.1, 0.15) is 12.2 Å². The number of ether oxygens (including phenoxy) is 1. The maximum absolute atomic E-state index is 12.8. The zero-order valence-corrected chi connectivity index (χ0v) is 15.7. The molecule has 1 unspecified atom stereocenters. The zero-order chi connectivity index (χ0) is 18.4. The van der Waals surface area contributed by atoms with E-state index in [2.05, 4.69) is 25.2 Å². The van der Waals surface area contributed by atoms with Gasteiger partial charge in [0.2, 0.25) is 0 Å². The van der Waals surface area contributed by atoms with E-state index < -0.39 is 5.60 Å². The topological polar surface area (TPSA) is 91.0 Å². The Morgan fingerprint density at radius 3 is 3.00 bits per heavy atom. The first kappa shape index (κ1) is 16.6. The maximum atomic E-state index is 12.8. The van der Waals surface area contributed by atoms with Crippen LogP contribution in [0.25, 0.3) is 0 Å². The van der Waals surface area contributed by atoms with Gasteiger partial charge in [-0.3, -0.25) is 4.57 Å². The lowest BCUT2D eigenvalue weighted by atomic mass is 10.0. The van der Waals surface area contributed by atoms with Crippen molar-refractivity contribution < 1.29 is 4.74 Å². The molecule has 3 aromatic rings. The van der Waals surface area contributed by atoms with E-state index in [9.17, 15) is 4.79 Å². The summed E-state index contributed by atoms with van der Waals surface area (Å²) in [5.74, 6) is 1.52. The predicted molar refractivity (Wildman–Crippen MR) is 98.8 cm³/mol. The molecule has 0 aromatic carbocycles. The van der Waals surface area contributed by atoms with Gasteiger partial charge < -0.3 is 9.64 Å². The SMILES string of the molecule is Cc1ccc(N2CCC3(C2)Cn2c(nn(Cc4cscn4)c2=O)CO3)nn1. The Hall–Kier alpha value is -2.59. The summed E-state index contributed by atoms with van der Waals surface area (Å²) in [5, 5.41) is 14.8. The molecule has 5 heterocycles. The second kappa shape index (κ2) is 6.24. The molecule has 3 aromatic heterocycles. The molecular formula is C17H19N7O2S. The van der Waals surface area contributed by atoms with Crippen LogP contribution in [-0.4, -0.2) is 48.2 Å². The van der Waals surface area contributed by atoms with Crippen LogP contribution in [0.3, 0.4) is 0 Å². The Kier molecular flexibility index (Phi) is 3.83. The Morgan fingerprint density at radius 1 is 1.30 bits per heavy atom. The minimum Gasteiger partial charge on any atom is -0.363 e. The second-order valence-corrected chi connectivity index (χ2v) is 7.82. The summed E-state index contributed by atoms with van der Waals surface area (Å²) in [6, 6.07) is 3.94. The first-order valence-electron chi connectivity index (χ1n) is 8.85. The van der Waals surface area contributed by atoms with Gasteiger partial charge in [0, 0.05) is 11.9 Å². The standard InChI is InChI=1S/C17H19N7O2S/c1-12-2-3-14(20-19-12)22-5-4-17(9-22)10-23-15(7-26-17)21-24(16(23)25)6-13-8-27-11-18-13/h2-3,8,11H,4-7,9-10H2,1H3. The number of aromatic nitrogens is 6. The number of hydrogen-bond acceptors (Lipinski definition) is 8. The summed E-state index contributed by atoms with van der Waals surface area (Å²) < 4.78 is 9.42. The molecule has 0 amide bonds. The Bertz CT molecular complexity index is 1010. The average molecular weight is 385 g/mol. The molecule has 0 aliphatic carbocycles. The number of thiazole rings is 1. The van der Waals surface area contributed by atoms with Crippen LogP contribution in [0.4, 0.5) is 5.82 Å². The molecule has 140 valence electrons. The molecule has 2 aliphatic heterocycles. The van der Waals surface area contributed by atoms with Gasteiger partial charge in [0.25, 0.3) is 0 Å². The molecule has 2 aliphatic rings. The zero-order valence-electron chi connectivity index (χ0n) is 14.9. The highest BCUT2D eigenvalue weighted by Crippen LogP contribution is 2.33. The normalized spacial score (nSPS) is 21.7. The molecule has 1 atom stereocenters. The van der Waals surface area contributed by atoms with E-state index in [0.29, 0.717) is 32.1 Å². The number of fused-ring (bicyclic) bond motifs is 1. The van der Waals surface area contributed by atoms with E-state index in [-0.39, 0.29) is 5.69 Å². The molecule has 0 radical (unpaired) electrons. The highest BCUT2D eigenvalue weighted by molar-refractivity contribution is 7.07. The molecule has 27 heavy (non-hydrogen) atoms. The Balaban J connectivity index is 1.37. The third-order valence-electron chi connectivity index (χ3n) is 5.17. The molecular weight excluding hydrogens is 366 g/mol. The smallest absolute Gasteiger partial charge is 0.346 e. The van der Waals surface area contributed by atoms with E-state index in [1.165, 1.54) is 16.0 Å². The van der Waals surface area contributed by atoms with Crippen molar-refractivity contribution in [1.29, 1.82) is 0 Å². The number of nitrogens with zero attached hydrogens (tertiary/aromatic N) is 7. The summed E-state index contributed by atoms with van der Waals surface area (Å²) in [4.78, 5) is 19.2. The molecule has 0 saturated carbocycles. The minimum absolute atomic E-state index is 0.103. The molecule has 0 bridgehead atoms. The molecule has 0 N–H and O–H groups in total. The van der Waals surface area contributed by atoms with Crippen molar-refractivity contribution in [2.24, 2.45) is 0 Å². The first-order chi connectivity index (χ1) is 13.1. The van der Waals surface area contributed by atoms with Gasteiger partial charge in [0.05, 0.1) is 36.5 Å². The predicted octanol–water partition coefficient (Wildman–Crippen LogP) is 0.827. The fraction of sp³-hybridized carbons (Fsp3) is 0.471. The van der Waals surface area contributed by atoms with E-state index >= 15 is 0 Å². The number of hydrogen-bond donors (Lipinski definition) is 0. The van der Waals surface area contributed by atoms with Gasteiger partial charge in [0.15, 0.2) is 11.6 Å². The maximum Gasteiger partial charge on any atom is 0.346 e. The largest absolute Gasteiger partial charge is 0.363 e. The van der Waals surface area contributed by atoms with Crippen LogP contribution in [0.15, 0.2) is 27.8 Å². The van der Waals surface area contributed by atoms with Crippen LogP contribution < -0.4 is 10.6 Å². The fourth-order valence-corrected chi connectivity index (χ4v) is 4.27. The summed E-state index contributed by atoms with van der Waals surface area (Å²) in [7, 11) is 0. The van der Waals surface area contributed by atoms with E-state index in [1.54, 1.807) is 10.1 Å². The Labute approximate surface area is 159 Å². The summed E-state index contributed by atoms with van der Waals surface area (Å²) >= 11 is 1.51. The highest BCUT2D eigenvalue weighted by atomic mass is 32.1. The number of aryl methyl sites for hydroxylation is 1. The van der Waals surface area contributed by atoms with Crippen LogP contribution in [0, 0.1) is 6.92 Å². The van der Waals surface area contributed by atoms with Gasteiger partial charge in [-0.25, -0.2) is 14.5 Å². The van der Waals surface area contributed by atoms with Crippen LogP contribution in [0.5, 0.6) is 0 Å². The van der Waals surface area contributed by atoms with Crippen LogP contribution >= 0.6 is 11.3 Å². The van der Waals surface area contributed by atoms with Crippen LogP contribution in [0.1, 0.15) is 23.6 Å². The van der Waals surface area contributed by atoms with Crippen molar-refractivity contribution in [2.45, 2.75) is 38.6 Å². The third kappa shape index (κ3) is 2.94. The van der Waals surface area contributed by atoms with E-state index in [0.717, 1.165) is 30.2 Å². The van der Waals surface area contributed by atoms with Crippen molar-refractivity contribution >= 4 is 17.2 Å². The monoisotopic (exact) mass is 385 g/mol. The lowest BCUT2D eigenvalue weighted by Crippen LogP contribution is -2.46. The molecule has 5 rings (SSSR count). The first-order valence-corrected chi connectivity index (χ1v) is 9.79. The number of anilines is 1. The second-order valence-electron chi connectivity index (χ2n) is 7.10. The molecule has 10 heteroatoms. The summed E-state index contributed by atoms with van der Waals surface area (Å²) in [6.45, 7) is 4.67. The van der Waals surface area contributed by atoms with E-state index in [1.807, 2.05) is 24.4 Å². The van der Waals surface area contributed by atoms with Crippen molar-refractivity contribution in [2.75, 3.05) is 18.0 Å². The molecule has 1 fully saturated rings. The fourth-order valence-electron chi connectivity index (χ4n) is 3.72. The summed E-state index contributed by atoms with van der Waals surface area (Å²) in [5.41, 5.74) is 3.01. The minimum atomic E-state index is -0.391. The van der Waals surface area contributed by atoms with Crippen LogP contribution in [-0.2, 0) is 24.4 Å². The van der Waals surface area contributed by atoms with E-state index in [4.69, 9.17) is 4.74 Å². The lowest BCUT2D eigenvalue weighted by molar-refractivity contribution is -0.0759. The van der Waals surface area contributed by atoms with Crippen molar-refractivity contribution in [3.63, 3.8) is 0 Å². The molecule has 1 spiro atoms. The van der Waals surface area contributed by atoms with Gasteiger partial charge >= 0.3 is 5.69 Å². The van der Waals surface area contributed by atoms with Crippen molar-refractivity contribution in [3.8, 4) is 0 Å². The quantitative estimate of drug-likeness (QED) is 0.659. The molecule has 9 nitrogen and oxygen atoms in total. The van der Waals surface area contributed by atoms with Gasteiger partial charge in [-0.1, -0.05) is 0 Å². The lowest BCUT2D eigenvalue weighted by Gasteiger charge is -2.33. The van der Waals surface area contributed by atoms with Gasteiger partial charge in [-0.05, 0) is 25.5 Å². The number of rotatable bonds is 3. The summed E-state index contributed by atoms with van der Waals surface area (Å²) in [6.07, 6.45) is 0.839. The van der Waals surface area contributed by atoms with Crippen molar-refractivity contribution in [3.05, 3.63) is 50.7 Å². The van der Waals surface area contributed by atoms with Crippen LogP contribution in [0.2, 0.25) is 0 Å². The van der Waals surface area contributed by atoms with Crippen molar-refractivity contribution in [1.82, 2.24) is 29.5 Å². The van der Waals surface area contributed by atoms with Gasteiger partial charge in [-0.15, -0.1) is 16.4 Å². The third-order valence-corrected chi connectivity index (χ3v) is 5.81. The highest BCUT2D eigenvalue weighted by Gasteiger charge is 2.44. The average Bonchev–Trinajstić information content (AvgIpc) is 3.39.